The zero-order valence-electron chi connectivity index (χ0n) is 14.6. The molecular formula is C17H18N2O6S2. The average Bonchev–Trinajstić information content (AvgIpc) is 3.13. The summed E-state index contributed by atoms with van der Waals surface area (Å²) in [6.07, 6.45) is 0. The minimum absolute atomic E-state index is 0.0287. The van der Waals surface area contributed by atoms with Crippen LogP contribution < -0.4 is 10.0 Å². The SMILES string of the molecule is CC(C)NS(=O)(=O)c1cccc(C(=O)OCC(=O)NC(=O)c2cccs2)c1. The first-order valence-electron chi connectivity index (χ1n) is 7.86. The molecule has 0 radical (unpaired) electrons. The van der Waals surface area contributed by atoms with E-state index >= 15 is 0 Å². The second-order valence-electron chi connectivity index (χ2n) is 5.73. The maximum atomic E-state index is 12.2. The van der Waals surface area contributed by atoms with Crippen LogP contribution in [0.2, 0.25) is 0 Å². The number of carbonyl (C=O) groups is 3. The highest BCUT2D eigenvalue weighted by Gasteiger charge is 2.19. The topological polar surface area (TPSA) is 119 Å². The van der Waals surface area contributed by atoms with Crippen LogP contribution in [-0.2, 0) is 19.6 Å². The van der Waals surface area contributed by atoms with Gasteiger partial charge in [-0.25, -0.2) is 17.9 Å². The summed E-state index contributed by atoms with van der Waals surface area (Å²) in [7, 11) is -3.77. The number of esters is 1. The quantitative estimate of drug-likeness (QED) is 0.669. The van der Waals surface area contributed by atoms with Crippen LogP contribution in [0.3, 0.4) is 0 Å². The lowest BCUT2D eigenvalue weighted by molar-refractivity contribution is -0.123. The Kier molecular flexibility index (Phi) is 6.83. The second-order valence-corrected chi connectivity index (χ2v) is 8.40. The summed E-state index contributed by atoms with van der Waals surface area (Å²) >= 11 is 1.17. The van der Waals surface area contributed by atoms with Crippen LogP contribution in [0.4, 0.5) is 0 Å². The predicted octanol–water partition coefficient (Wildman–Crippen LogP) is 1.55. The molecule has 0 atom stereocenters. The Balaban J connectivity index is 1.97. The maximum absolute atomic E-state index is 12.2. The van der Waals surface area contributed by atoms with Crippen molar-refractivity contribution in [1.29, 1.82) is 0 Å². The summed E-state index contributed by atoms with van der Waals surface area (Å²) in [5.74, 6) is -2.25. The summed E-state index contributed by atoms with van der Waals surface area (Å²) < 4.78 is 31.6. The van der Waals surface area contributed by atoms with Crippen molar-refractivity contribution < 1.29 is 27.5 Å². The van der Waals surface area contributed by atoms with Gasteiger partial charge in [-0.2, -0.15) is 0 Å². The third-order valence-corrected chi connectivity index (χ3v) is 5.63. The van der Waals surface area contributed by atoms with Crippen molar-refractivity contribution in [1.82, 2.24) is 10.0 Å². The molecular weight excluding hydrogens is 392 g/mol. The van der Waals surface area contributed by atoms with Gasteiger partial charge < -0.3 is 4.74 Å². The van der Waals surface area contributed by atoms with Crippen LogP contribution in [0.25, 0.3) is 0 Å². The molecule has 0 saturated carbocycles. The molecule has 1 aromatic heterocycles. The largest absolute Gasteiger partial charge is 0.452 e. The Morgan fingerprint density at radius 2 is 1.89 bits per heavy atom. The highest BCUT2D eigenvalue weighted by Crippen LogP contribution is 2.13. The van der Waals surface area contributed by atoms with E-state index in [9.17, 15) is 22.8 Å². The molecule has 1 aromatic carbocycles. The van der Waals surface area contributed by atoms with Gasteiger partial charge in [-0.15, -0.1) is 11.3 Å². The van der Waals surface area contributed by atoms with Gasteiger partial charge in [0, 0.05) is 6.04 Å². The number of ether oxygens (including phenoxy) is 1. The number of imide groups is 1. The molecule has 2 N–H and O–H groups in total. The molecule has 0 unspecified atom stereocenters. The van der Waals surface area contributed by atoms with Crippen molar-refractivity contribution in [3.05, 3.63) is 52.2 Å². The number of benzene rings is 1. The van der Waals surface area contributed by atoms with Gasteiger partial charge in [0.15, 0.2) is 6.61 Å². The number of hydrogen-bond donors (Lipinski definition) is 2. The fraction of sp³-hybridized carbons (Fsp3) is 0.235. The molecule has 2 amide bonds. The van der Waals surface area contributed by atoms with Gasteiger partial charge in [-0.05, 0) is 43.5 Å². The van der Waals surface area contributed by atoms with E-state index in [0.717, 1.165) is 6.07 Å². The lowest BCUT2D eigenvalue weighted by Crippen LogP contribution is -2.33. The zero-order valence-corrected chi connectivity index (χ0v) is 16.2. The Morgan fingerprint density at radius 3 is 2.52 bits per heavy atom. The molecule has 0 aliphatic carbocycles. The van der Waals surface area contributed by atoms with Crippen LogP contribution in [0.15, 0.2) is 46.7 Å². The molecule has 2 aromatic rings. The van der Waals surface area contributed by atoms with Crippen molar-refractivity contribution in [3.63, 3.8) is 0 Å². The molecule has 1 heterocycles. The molecule has 0 bridgehead atoms. The van der Waals surface area contributed by atoms with Gasteiger partial charge >= 0.3 is 5.97 Å². The minimum Gasteiger partial charge on any atom is -0.452 e. The Bertz CT molecular complexity index is 936. The Morgan fingerprint density at radius 1 is 1.15 bits per heavy atom. The van der Waals surface area contributed by atoms with Crippen molar-refractivity contribution >= 4 is 39.1 Å². The van der Waals surface area contributed by atoms with Crippen LogP contribution in [0.5, 0.6) is 0 Å². The standard InChI is InChI=1S/C17H18N2O6S2/c1-11(2)19-27(23,24)13-6-3-5-12(9-13)17(22)25-10-15(20)18-16(21)14-7-4-8-26-14/h3-9,11,19H,10H2,1-2H3,(H,18,20,21). The van der Waals surface area contributed by atoms with Gasteiger partial charge in [0.2, 0.25) is 10.0 Å². The minimum atomic E-state index is -3.77. The second kappa shape index (κ2) is 8.89. The maximum Gasteiger partial charge on any atom is 0.338 e. The van der Waals surface area contributed by atoms with E-state index in [-0.39, 0.29) is 16.5 Å². The lowest BCUT2D eigenvalue weighted by Gasteiger charge is -2.10. The number of carbonyl (C=O) groups excluding carboxylic acids is 3. The van der Waals surface area contributed by atoms with Gasteiger partial charge in [0.05, 0.1) is 15.3 Å². The monoisotopic (exact) mass is 410 g/mol. The van der Waals surface area contributed by atoms with E-state index in [4.69, 9.17) is 4.74 Å². The summed E-state index contributed by atoms with van der Waals surface area (Å²) in [4.78, 5) is 35.8. The highest BCUT2D eigenvalue weighted by molar-refractivity contribution is 7.89. The molecule has 2 rings (SSSR count). The van der Waals surface area contributed by atoms with Crippen LogP contribution >= 0.6 is 11.3 Å². The predicted molar refractivity (Wildman–Crippen MR) is 99.0 cm³/mol. The van der Waals surface area contributed by atoms with Gasteiger partial charge in [-0.3, -0.25) is 14.9 Å². The number of amides is 2. The number of rotatable bonds is 7. The first-order chi connectivity index (χ1) is 12.7. The molecule has 144 valence electrons. The number of thiophene rings is 1. The van der Waals surface area contributed by atoms with E-state index in [2.05, 4.69) is 10.0 Å². The molecule has 10 heteroatoms. The number of sulfonamides is 1. The molecule has 0 saturated heterocycles. The number of nitrogens with one attached hydrogen (secondary N) is 2. The normalized spacial score (nSPS) is 11.2. The zero-order chi connectivity index (χ0) is 20.0. The third-order valence-electron chi connectivity index (χ3n) is 3.10. The Labute approximate surface area is 160 Å². The van der Waals surface area contributed by atoms with Gasteiger partial charge in [0.1, 0.15) is 0 Å². The molecule has 27 heavy (non-hydrogen) atoms. The highest BCUT2D eigenvalue weighted by atomic mass is 32.2. The Hall–Kier alpha value is -2.56. The van der Waals surface area contributed by atoms with E-state index in [0.29, 0.717) is 4.88 Å². The molecule has 0 aliphatic heterocycles. The summed E-state index contributed by atoms with van der Waals surface area (Å²) in [5.41, 5.74) is -0.0287. The van der Waals surface area contributed by atoms with E-state index < -0.39 is 34.4 Å². The number of hydrogen-bond acceptors (Lipinski definition) is 7. The van der Waals surface area contributed by atoms with Crippen molar-refractivity contribution in [2.45, 2.75) is 24.8 Å². The fourth-order valence-corrected chi connectivity index (χ4v) is 3.93. The molecule has 0 spiro atoms. The average molecular weight is 410 g/mol. The van der Waals surface area contributed by atoms with Crippen molar-refractivity contribution in [2.75, 3.05) is 6.61 Å². The third kappa shape index (κ3) is 5.98. The van der Waals surface area contributed by atoms with E-state index in [1.54, 1.807) is 31.4 Å². The van der Waals surface area contributed by atoms with Crippen LogP contribution in [0, 0.1) is 0 Å². The van der Waals surface area contributed by atoms with Crippen molar-refractivity contribution in [3.8, 4) is 0 Å². The first-order valence-corrected chi connectivity index (χ1v) is 10.2. The van der Waals surface area contributed by atoms with E-state index in [1.807, 2.05) is 0 Å². The van der Waals surface area contributed by atoms with Crippen LogP contribution in [0.1, 0.15) is 33.9 Å². The molecule has 0 aliphatic rings. The summed E-state index contributed by atoms with van der Waals surface area (Å²) in [5, 5.41) is 3.78. The van der Waals surface area contributed by atoms with Crippen LogP contribution in [-0.4, -0.2) is 38.9 Å². The molecule has 8 nitrogen and oxygen atoms in total. The van der Waals surface area contributed by atoms with Gasteiger partial charge in [0.25, 0.3) is 11.8 Å². The summed E-state index contributed by atoms with van der Waals surface area (Å²) in [6.45, 7) is 2.68. The lowest BCUT2D eigenvalue weighted by atomic mass is 10.2. The fourth-order valence-electron chi connectivity index (χ4n) is 2.02. The smallest absolute Gasteiger partial charge is 0.338 e. The van der Waals surface area contributed by atoms with E-state index in [1.165, 1.54) is 29.5 Å². The first kappa shape index (κ1) is 20.7. The van der Waals surface area contributed by atoms with Crippen molar-refractivity contribution in [2.24, 2.45) is 0 Å². The molecule has 0 fully saturated rings. The van der Waals surface area contributed by atoms with Gasteiger partial charge in [-0.1, -0.05) is 12.1 Å². The summed E-state index contributed by atoms with van der Waals surface area (Å²) in [6, 6.07) is 8.16.